The molecule has 1 N–H and O–H groups in total. The number of carbonyl (C=O) groups is 1. The molecule has 2 rings (SSSR count). The van der Waals surface area contributed by atoms with Crippen molar-refractivity contribution in [2.75, 3.05) is 0 Å². The Labute approximate surface area is 150 Å². The minimum Gasteiger partial charge on any atom is -0.479 e. The van der Waals surface area contributed by atoms with E-state index in [4.69, 9.17) is 27.9 Å². The van der Waals surface area contributed by atoms with E-state index < -0.39 is 12.0 Å². The van der Waals surface area contributed by atoms with Crippen LogP contribution < -0.4 is 10.2 Å². The van der Waals surface area contributed by atoms with Gasteiger partial charge in [-0.3, -0.25) is 9.48 Å². The molecule has 1 atom stereocenters. The lowest BCUT2D eigenvalue weighted by molar-refractivity contribution is -0.127. The minimum absolute atomic E-state index is 0.341. The average molecular weight is 369 g/mol. The van der Waals surface area contributed by atoms with E-state index in [1.165, 1.54) is 0 Å². The van der Waals surface area contributed by atoms with Crippen molar-refractivity contribution in [3.63, 3.8) is 0 Å². The molecule has 0 saturated carbocycles. The van der Waals surface area contributed by atoms with Gasteiger partial charge in [0.05, 0.1) is 16.9 Å². The highest BCUT2D eigenvalue weighted by Crippen LogP contribution is 2.28. The molecule has 24 heavy (non-hydrogen) atoms. The Kier molecular flexibility index (Phi) is 6.23. The Bertz CT molecular complexity index is 759. The molecule has 1 unspecified atom stereocenters. The third kappa shape index (κ3) is 4.72. The molecule has 6 nitrogen and oxygen atoms in total. The second kappa shape index (κ2) is 8.17. The first-order valence-electron chi connectivity index (χ1n) is 7.39. The molecule has 1 heterocycles. The second-order valence-corrected chi connectivity index (χ2v) is 5.94. The van der Waals surface area contributed by atoms with Gasteiger partial charge in [-0.1, -0.05) is 23.2 Å². The summed E-state index contributed by atoms with van der Waals surface area (Å²) in [6.45, 7) is 6.25. The molecule has 0 aliphatic carbocycles. The Balaban J connectivity index is 1.93. The zero-order chi connectivity index (χ0) is 17.7. The first kappa shape index (κ1) is 18.3. The quantitative estimate of drug-likeness (QED) is 0.627. The third-order valence-electron chi connectivity index (χ3n) is 3.25. The highest BCUT2D eigenvalue weighted by molar-refractivity contribution is 6.35. The van der Waals surface area contributed by atoms with E-state index in [0.717, 1.165) is 17.8 Å². The summed E-state index contributed by atoms with van der Waals surface area (Å²) in [7, 11) is 0. The average Bonchev–Trinajstić information content (AvgIpc) is 2.90. The van der Waals surface area contributed by atoms with Gasteiger partial charge in [-0.15, -0.1) is 0 Å². The summed E-state index contributed by atoms with van der Waals surface area (Å²) in [6, 6.07) is 4.80. The number of nitrogens with zero attached hydrogens (tertiary/aromatic N) is 3. The Hall–Kier alpha value is -2.05. The Morgan fingerprint density at radius 2 is 2.25 bits per heavy atom. The monoisotopic (exact) mass is 368 g/mol. The topological polar surface area (TPSA) is 68.5 Å². The second-order valence-electron chi connectivity index (χ2n) is 5.09. The number of rotatable bonds is 6. The van der Waals surface area contributed by atoms with E-state index >= 15 is 0 Å². The van der Waals surface area contributed by atoms with Crippen molar-refractivity contribution in [2.24, 2.45) is 5.10 Å². The summed E-state index contributed by atoms with van der Waals surface area (Å²) in [4.78, 5) is 12.0. The Morgan fingerprint density at radius 1 is 1.50 bits per heavy atom. The summed E-state index contributed by atoms with van der Waals surface area (Å²) in [5, 5.41) is 9.07. The van der Waals surface area contributed by atoms with Gasteiger partial charge in [0.1, 0.15) is 5.75 Å². The van der Waals surface area contributed by atoms with Crippen molar-refractivity contribution in [3.8, 4) is 5.75 Å². The molecule has 0 aliphatic heterocycles. The highest BCUT2D eigenvalue weighted by Gasteiger charge is 2.15. The predicted molar refractivity (Wildman–Crippen MR) is 94.9 cm³/mol. The van der Waals surface area contributed by atoms with Crippen molar-refractivity contribution in [3.05, 3.63) is 45.7 Å². The summed E-state index contributed by atoms with van der Waals surface area (Å²) < 4.78 is 7.32. The number of hydrogen-bond donors (Lipinski definition) is 1. The number of ether oxygens (including phenoxy) is 1. The van der Waals surface area contributed by atoms with Crippen molar-refractivity contribution >= 4 is 35.3 Å². The van der Waals surface area contributed by atoms with Gasteiger partial charge in [-0.2, -0.15) is 10.2 Å². The molecule has 0 aliphatic rings. The van der Waals surface area contributed by atoms with Gasteiger partial charge in [-0.25, -0.2) is 5.43 Å². The van der Waals surface area contributed by atoms with E-state index in [0.29, 0.717) is 15.8 Å². The highest BCUT2D eigenvalue weighted by atomic mass is 35.5. The van der Waals surface area contributed by atoms with Crippen LogP contribution in [0.15, 0.2) is 29.5 Å². The number of nitrogens with one attached hydrogen (secondary N) is 1. The normalized spacial score (nSPS) is 12.4. The molecule has 0 saturated heterocycles. The van der Waals surface area contributed by atoms with Crippen LogP contribution in [0, 0.1) is 6.92 Å². The molecule has 1 aromatic heterocycles. The lowest BCUT2D eigenvalue weighted by Crippen LogP contribution is -2.33. The molecule has 1 amide bonds. The standard InChI is InChI=1S/C16H18Cl2N4O2/c1-4-22-9-12(10(2)21-22)8-19-20-16(23)11(3)24-15-6-5-13(17)7-14(15)18/h5-9,11H,4H2,1-3H3,(H,20,23)/b19-8+. The maximum Gasteiger partial charge on any atom is 0.280 e. The first-order chi connectivity index (χ1) is 11.4. The number of amides is 1. The molecule has 128 valence electrons. The minimum atomic E-state index is -0.764. The fourth-order valence-electron chi connectivity index (χ4n) is 1.89. The fourth-order valence-corrected chi connectivity index (χ4v) is 2.35. The van der Waals surface area contributed by atoms with Gasteiger partial charge < -0.3 is 4.74 Å². The van der Waals surface area contributed by atoms with Gasteiger partial charge in [0.25, 0.3) is 5.91 Å². The number of aromatic nitrogens is 2. The Morgan fingerprint density at radius 3 is 2.88 bits per heavy atom. The van der Waals surface area contributed by atoms with Gasteiger partial charge in [0.2, 0.25) is 0 Å². The maximum atomic E-state index is 12.0. The zero-order valence-electron chi connectivity index (χ0n) is 13.6. The largest absolute Gasteiger partial charge is 0.479 e. The molecule has 2 aromatic rings. The van der Waals surface area contributed by atoms with Gasteiger partial charge in [0, 0.05) is 23.3 Å². The summed E-state index contributed by atoms with van der Waals surface area (Å²) in [5.74, 6) is -0.00874. The third-order valence-corrected chi connectivity index (χ3v) is 3.78. The molecule has 0 spiro atoms. The lowest BCUT2D eigenvalue weighted by Gasteiger charge is -2.14. The molecule has 8 heteroatoms. The SMILES string of the molecule is CCn1cc(/C=N/NC(=O)C(C)Oc2ccc(Cl)cc2Cl)c(C)n1. The lowest BCUT2D eigenvalue weighted by atomic mass is 10.3. The van der Waals surface area contributed by atoms with Crippen LogP contribution in [0.1, 0.15) is 25.1 Å². The first-order valence-corrected chi connectivity index (χ1v) is 8.15. The molecule has 0 bridgehead atoms. The van der Waals surface area contributed by atoms with Crippen LogP contribution in [0.4, 0.5) is 0 Å². The van der Waals surface area contributed by atoms with Crippen molar-refractivity contribution < 1.29 is 9.53 Å². The van der Waals surface area contributed by atoms with Crippen LogP contribution >= 0.6 is 23.2 Å². The molecule has 0 radical (unpaired) electrons. The van der Waals surface area contributed by atoms with Crippen LogP contribution in [0.2, 0.25) is 10.0 Å². The van der Waals surface area contributed by atoms with E-state index in [1.807, 2.05) is 20.0 Å². The van der Waals surface area contributed by atoms with E-state index in [9.17, 15) is 4.79 Å². The van der Waals surface area contributed by atoms with Crippen molar-refractivity contribution in [1.82, 2.24) is 15.2 Å². The number of halogens is 2. The smallest absolute Gasteiger partial charge is 0.280 e. The van der Waals surface area contributed by atoms with Gasteiger partial charge in [0.15, 0.2) is 6.10 Å². The number of hydrazone groups is 1. The van der Waals surface area contributed by atoms with Crippen LogP contribution in [-0.4, -0.2) is 28.0 Å². The zero-order valence-corrected chi connectivity index (χ0v) is 15.1. The number of hydrogen-bond acceptors (Lipinski definition) is 4. The molecular weight excluding hydrogens is 351 g/mol. The molecule has 1 aromatic carbocycles. The maximum absolute atomic E-state index is 12.0. The van der Waals surface area contributed by atoms with Crippen molar-refractivity contribution in [1.29, 1.82) is 0 Å². The van der Waals surface area contributed by atoms with E-state index in [-0.39, 0.29) is 0 Å². The van der Waals surface area contributed by atoms with Crippen LogP contribution in [0.3, 0.4) is 0 Å². The predicted octanol–water partition coefficient (Wildman–Crippen LogP) is 3.44. The number of carbonyl (C=O) groups excluding carboxylic acids is 1. The summed E-state index contributed by atoms with van der Waals surface area (Å²) in [6.07, 6.45) is 2.65. The number of aryl methyl sites for hydroxylation is 2. The molecule has 0 fully saturated rings. The van der Waals surface area contributed by atoms with E-state index in [1.54, 1.807) is 36.0 Å². The summed E-state index contributed by atoms with van der Waals surface area (Å²) in [5.41, 5.74) is 4.12. The fraction of sp³-hybridized carbons (Fsp3) is 0.312. The summed E-state index contributed by atoms with van der Waals surface area (Å²) >= 11 is 11.8. The van der Waals surface area contributed by atoms with Gasteiger partial charge in [-0.05, 0) is 39.0 Å². The van der Waals surface area contributed by atoms with E-state index in [2.05, 4.69) is 15.6 Å². The van der Waals surface area contributed by atoms with Gasteiger partial charge >= 0.3 is 0 Å². The molecular formula is C16H18Cl2N4O2. The van der Waals surface area contributed by atoms with Crippen molar-refractivity contribution in [2.45, 2.75) is 33.4 Å². The number of benzene rings is 1. The van der Waals surface area contributed by atoms with Crippen LogP contribution in [0.25, 0.3) is 0 Å². The van der Waals surface area contributed by atoms with Crippen LogP contribution in [-0.2, 0) is 11.3 Å². The van der Waals surface area contributed by atoms with Crippen LogP contribution in [0.5, 0.6) is 5.75 Å².